The third kappa shape index (κ3) is 3.80. The molecule has 1 aromatic heterocycles. The van der Waals surface area contributed by atoms with E-state index in [1.165, 1.54) is 0 Å². The summed E-state index contributed by atoms with van der Waals surface area (Å²) in [7, 11) is 0. The first-order valence-corrected chi connectivity index (χ1v) is 6.23. The molecule has 2 aromatic rings. The van der Waals surface area contributed by atoms with Crippen molar-refractivity contribution >= 4 is 29.1 Å². The molecule has 0 aliphatic carbocycles. The predicted molar refractivity (Wildman–Crippen MR) is 76.5 cm³/mol. The van der Waals surface area contributed by atoms with E-state index in [0.717, 1.165) is 5.56 Å². The number of carbonyl (C=O) groups is 2. The lowest BCUT2D eigenvalue weighted by molar-refractivity contribution is -0.117. The van der Waals surface area contributed by atoms with Gasteiger partial charge in [0, 0.05) is 5.69 Å². The molecule has 0 saturated carbocycles. The van der Waals surface area contributed by atoms with Gasteiger partial charge in [0.1, 0.15) is 10.8 Å². The van der Waals surface area contributed by atoms with E-state index in [2.05, 4.69) is 10.3 Å². The molecule has 1 heterocycles. The summed E-state index contributed by atoms with van der Waals surface area (Å²) >= 11 is 5.73. The average molecular weight is 290 g/mol. The highest BCUT2D eigenvalue weighted by Crippen LogP contribution is 2.12. The van der Waals surface area contributed by atoms with Gasteiger partial charge in [0.2, 0.25) is 5.91 Å². The zero-order valence-corrected chi connectivity index (χ0v) is 11.2. The number of hydrogen-bond acceptors (Lipinski definition) is 3. The van der Waals surface area contributed by atoms with Crippen molar-refractivity contribution in [1.29, 1.82) is 0 Å². The number of anilines is 1. The molecule has 20 heavy (non-hydrogen) atoms. The van der Waals surface area contributed by atoms with Gasteiger partial charge in [0.15, 0.2) is 0 Å². The van der Waals surface area contributed by atoms with Gasteiger partial charge >= 0.3 is 0 Å². The first kappa shape index (κ1) is 14.0. The number of carbonyl (C=O) groups excluding carboxylic acids is 2. The van der Waals surface area contributed by atoms with Crippen molar-refractivity contribution in [2.45, 2.75) is 6.42 Å². The molecule has 0 fully saturated rings. The molecule has 0 aliphatic rings. The third-order valence-corrected chi connectivity index (χ3v) is 2.75. The van der Waals surface area contributed by atoms with E-state index in [1.54, 1.807) is 42.5 Å². The van der Waals surface area contributed by atoms with Gasteiger partial charge in [-0.2, -0.15) is 0 Å². The lowest BCUT2D eigenvalue weighted by atomic mass is 10.1. The molecule has 2 rings (SSSR count). The Bertz CT molecular complexity index is 641. The number of nitrogens with one attached hydrogen (secondary N) is 1. The standard InChI is InChI=1S/C14H12ClN3O2/c15-12-3-1-2-11(18-12)14(20)17-10-6-4-9(5-7-10)8-13(16)19/h1-7H,8H2,(H2,16,19)(H,17,20). The van der Waals surface area contributed by atoms with Crippen LogP contribution in [0, 0.1) is 0 Å². The van der Waals surface area contributed by atoms with Crippen molar-refractivity contribution in [3.8, 4) is 0 Å². The summed E-state index contributed by atoms with van der Waals surface area (Å²) in [6.45, 7) is 0. The Morgan fingerprint density at radius 3 is 2.45 bits per heavy atom. The summed E-state index contributed by atoms with van der Waals surface area (Å²) in [5.74, 6) is -0.750. The third-order valence-electron chi connectivity index (χ3n) is 2.54. The van der Waals surface area contributed by atoms with Crippen LogP contribution in [0.3, 0.4) is 0 Å². The number of primary amides is 1. The van der Waals surface area contributed by atoms with Gasteiger partial charge in [0.05, 0.1) is 6.42 Å². The number of nitrogens with zero attached hydrogens (tertiary/aromatic N) is 1. The maximum atomic E-state index is 11.9. The van der Waals surface area contributed by atoms with Crippen LogP contribution in [0.2, 0.25) is 5.15 Å². The van der Waals surface area contributed by atoms with Gasteiger partial charge in [-0.05, 0) is 29.8 Å². The molecule has 0 radical (unpaired) electrons. The Kier molecular flexibility index (Phi) is 4.32. The van der Waals surface area contributed by atoms with E-state index in [-0.39, 0.29) is 23.2 Å². The Morgan fingerprint density at radius 2 is 1.85 bits per heavy atom. The van der Waals surface area contributed by atoms with Crippen LogP contribution in [-0.4, -0.2) is 16.8 Å². The Hall–Kier alpha value is -2.40. The van der Waals surface area contributed by atoms with Crippen LogP contribution in [0.5, 0.6) is 0 Å². The summed E-state index contributed by atoms with van der Waals surface area (Å²) in [5.41, 5.74) is 6.73. The van der Waals surface area contributed by atoms with E-state index in [1.807, 2.05) is 0 Å². The minimum absolute atomic E-state index is 0.171. The molecule has 3 N–H and O–H groups in total. The molecule has 0 atom stereocenters. The summed E-state index contributed by atoms with van der Waals surface area (Å²) in [5, 5.41) is 2.95. The Labute approximate surface area is 120 Å². The van der Waals surface area contributed by atoms with Crippen molar-refractivity contribution in [3.05, 3.63) is 58.9 Å². The van der Waals surface area contributed by atoms with Gasteiger partial charge in [0.25, 0.3) is 5.91 Å². The van der Waals surface area contributed by atoms with Crippen LogP contribution >= 0.6 is 11.6 Å². The zero-order chi connectivity index (χ0) is 14.5. The van der Waals surface area contributed by atoms with Crippen LogP contribution in [0.1, 0.15) is 16.1 Å². The molecule has 0 bridgehead atoms. The average Bonchev–Trinajstić information content (AvgIpc) is 2.40. The molecule has 102 valence electrons. The van der Waals surface area contributed by atoms with Gasteiger partial charge < -0.3 is 11.1 Å². The second-order valence-electron chi connectivity index (χ2n) is 4.14. The highest BCUT2D eigenvalue weighted by Gasteiger charge is 2.08. The monoisotopic (exact) mass is 289 g/mol. The number of amides is 2. The highest BCUT2D eigenvalue weighted by atomic mass is 35.5. The molecule has 0 spiro atoms. The van der Waals surface area contributed by atoms with Crippen molar-refractivity contribution in [1.82, 2.24) is 4.98 Å². The number of halogens is 1. The second-order valence-corrected chi connectivity index (χ2v) is 4.53. The maximum Gasteiger partial charge on any atom is 0.274 e. The SMILES string of the molecule is NC(=O)Cc1ccc(NC(=O)c2cccc(Cl)n2)cc1. The van der Waals surface area contributed by atoms with Crippen molar-refractivity contribution in [2.75, 3.05) is 5.32 Å². The first-order chi connectivity index (χ1) is 9.54. The number of rotatable bonds is 4. The van der Waals surface area contributed by atoms with Gasteiger partial charge in [-0.1, -0.05) is 29.8 Å². The Morgan fingerprint density at radius 1 is 1.15 bits per heavy atom. The van der Waals surface area contributed by atoms with Crippen LogP contribution in [0.4, 0.5) is 5.69 Å². The predicted octanol–water partition coefficient (Wildman–Crippen LogP) is 2.02. The van der Waals surface area contributed by atoms with Gasteiger partial charge in [-0.25, -0.2) is 4.98 Å². The first-order valence-electron chi connectivity index (χ1n) is 5.86. The van der Waals surface area contributed by atoms with Crippen molar-refractivity contribution in [2.24, 2.45) is 5.73 Å². The van der Waals surface area contributed by atoms with Crippen LogP contribution < -0.4 is 11.1 Å². The largest absolute Gasteiger partial charge is 0.369 e. The molecule has 2 amide bonds. The fraction of sp³-hybridized carbons (Fsp3) is 0.0714. The molecule has 1 aromatic carbocycles. The van der Waals surface area contributed by atoms with Crippen LogP contribution in [0.15, 0.2) is 42.5 Å². The summed E-state index contributed by atoms with van der Waals surface area (Å²) in [4.78, 5) is 26.6. The van der Waals surface area contributed by atoms with Crippen molar-refractivity contribution < 1.29 is 9.59 Å². The molecule has 6 heteroatoms. The topological polar surface area (TPSA) is 85.1 Å². The molecule has 0 saturated heterocycles. The Balaban J connectivity index is 2.06. The van der Waals surface area contributed by atoms with E-state index < -0.39 is 5.91 Å². The highest BCUT2D eigenvalue weighted by molar-refractivity contribution is 6.29. The lowest BCUT2D eigenvalue weighted by Crippen LogP contribution is -2.15. The summed E-state index contributed by atoms with van der Waals surface area (Å²) in [6.07, 6.45) is 0.171. The minimum atomic E-state index is -0.398. The van der Waals surface area contributed by atoms with E-state index in [0.29, 0.717) is 5.69 Å². The number of aromatic nitrogens is 1. The smallest absolute Gasteiger partial charge is 0.274 e. The second kappa shape index (κ2) is 6.16. The molecular weight excluding hydrogens is 278 g/mol. The quantitative estimate of drug-likeness (QED) is 0.844. The fourth-order valence-corrected chi connectivity index (χ4v) is 1.80. The number of pyridine rings is 1. The van der Waals surface area contributed by atoms with Gasteiger partial charge in [-0.15, -0.1) is 0 Å². The number of benzene rings is 1. The van der Waals surface area contributed by atoms with E-state index in [9.17, 15) is 9.59 Å². The van der Waals surface area contributed by atoms with Crippen LogP contribution in [0.25, 0.3) is 0 Å². The van der Waals surface area contributed by atoms with Crippen molar-refractivity contribution in [3.63, 3.8) is 0 Å². The summed E-state index contributed by atoms with van der Waals surface area (Å²) < 4.78 is 0. The molecular formula is C14H12ClN3O2. The van der Waals surface area contributed by atoms with Gasteiger partial charge in [-0.3, -0.25) is 9.59 Å². The normalized spacial score (nSPS) is 10.1. The molecule has 0 aliphatic heterocycles. The number of hydrogen-bond donors (Lipinski definition) is 2. The minimum Gasteiger partial charge on any atom is -0.369 e. The van der Waals surface area contributed by atoms with E-state index in [4.69, 9.17) is 17.3 Å². The molecule has 5 nitrogen and oxygen atoms in total. The lowest BCUT2D eigenvalue weighted by Gasteiger charge is -2.05. The maximum absolute atomic E-state index is 11.9. The fourth-order valence-electron chi connectivity index (χ4n) is 1.64. The molecule has 0 unspecified atom stereocenters. The number of nitrogens with two attached hydrogens (primary N) is 1. The van der Waals surface area contributed by atoms with Crippen LogP contribution in [-0.2, 0) is 11.2 Å². The zero-order valence-electron chi connectivity index (χ0n) is 10.5. The van der Waals surface area contributed by atoms with E-state index >= 15 is 0 Å². The summed E-state index contributed by atoms with van der Waals surface area (Å²) in [6, 6.07) is 11.7.